The lowest BCUT2D eigenvalue weighted by Crippen LogP contribution is -2.37. The molecule has 3 aromatic rings. The van der Waals surface area contributed by atoms with Gasteiger partial charge in [0.25, 0.3) is 5.56 Å². The van der Waals surface area contributed by atoms with E-state index in [0.29, 0.717) is 18.1 Å². The van der Waals surface area contributed by atoms with Gasteiger partial charge in [0.05, 0.1) is 18.3 Å². The molecule has 1 aliphatic rings. The molecule has 1 N–H and O–H groups in total. The molecule has 0 amide bonds. The van der Waals surface area contributed by atoms with E-state index in [4.69, 9.17) is 0 Å². The van der Waals surface area contributed by atoms with Crippen molar-refractivity contribution in [3.8, 4) is 0 Å². The molecule has 1 fully saturated rings. The van der Waals surface area contributed by atoms with Gasteiger partial charge < -0.3 is 9.88 Å². The number of H-pyrrole nitrogens is 1. The molecular formula is C19H25N7O. The van der Waals surface area contributed by atoms with Gasteiger partial charge in [-0.25, -0.2) is 19.9 Å². The zero-order valence-electron chi connectivity index (χ0n) is 16.0. The van der Waals surface area contributed by atoms with E-state index in [1.54, 1.807) is 29.6 Å². The Labute approximate surface area is 157 Å². The van der Waals surface area contributed by atoms with Gasteiger partial charge in [-0.3, -0.25) is 9.36 Å². The van der Waals surface area contributed by atoms with E-state index >= 15 is 0 Å². The fourth-order valence-corrected chi connectivity index (χ4v) is 3.57. The molecule has 0 aromatic carbocycles. The SMILES string of the molecule is CC(C)(C)c1cc(=O)n(CC2CCN(c3ncnc4nc[nH]c34)CC2)cn1. The molecule has 0 radical (unpaired) electrons. The Morgan fingerprint density at radius 2 is 1.93 bits per heavy atom. The Morgan fingerprint density at radius 1 is 1.15 bits per heavy atom. The number of piperidine rings is 1. The highest BCUT2D eigenvalue weighted by atomic mass is 16.1. The van der Waals surface area contributed by atoms with Crippen LogP contribution in [0.15, 0.2) is 29.8 Å². The van der Waals surface area contributed by atoms with Crippen LogP contribution in [0.25, 0.3) is 11.2 Å². The third-order valence-corrected chi connectivity index (χ3v) is 5.22. The number of nitrogens with zero attached hydrogens (tertiary/aromatic N) is 6. The maximum Gasteiger partial charge on any atom is 0.253 e. The smallest absolute Gasteiger partial charge is 0.253 e. The summed E-state index contributed by atoms with van der Waals surface area (Å²) >= 11 is 0. The summed E-state index contributed by atoms with van der Waals surface area (Å²) in [6, 6.07) is 1.67. The highest BCUT2D eigenvalue weighted by molar-refractivity contribution is 5.82. The fraction of sp³-hybridized carbons (Fsp3) is 0.526. The number of anilines is 1. The van der Waals surface area contributed by atoms with Crippen molar-refractivity contribution in [2.45, 2.75) is 45.6 Å². The second-order valence-corrected chi connectivity index (χ2v) is 8.24. The highest BCUT2D eigenvalue weighted by Crippen LogP contribution is 2.26. The summed E-state index contributed by atoms with van der Waals surface area (Å²) < 4.78 is 1.74. The van der Waals surface area contributed by atoms with E-state index in [1.165, 1.54) is 0 Å². The topological polar surface area (TPSA) is 92.6 Å². The van der Waals surface area contributed by atoms with E-state index in [9.17, 15) is 4.79 Å². The van der Waals surface area contributed by atoms with Crippen molar-refractivity contribution in [2.75, 3.05) is 18.0 Å². The largest absolute Gasteiger partial charge is 0.355 e. The van der Waals surface area contributed by atoms with Crippen molar-refractivity contribution in [1.82, 2.24) is 29.5 Å². The van der Waals surface area contributed by atoms with Gasteiger partial charge >= 0.3 is 0 Å². The molecule has 0 saturated carbocycles. The van der Waals surface area contributed by atoms with E-state index in [0.717, 1.165) is 43.0 Å². The molecule has 4 heterocycles. The first-order chi connectivity index (χ1) is 12.9. The Balaban J connectivity index is 1.43. The van der Waals surface area contributed by atoms with Crippen LogP contribution in [0.5, 0.6) is 0 Å². The molecule has 4 rings (SSSR count). The molecule has 0 atom stereocenters. The van der Waals surface area contributed by atoms with Crippen LogP contribution in [0.1, 0.15) is 39.3 Å². The Morgan fingerprint density at radius 3 is 2.63 bits per heavy atom. The van der Waals surface area contributed by atoms with Crippen molar-refractivity contribution in [3.05, 3.63) is 41.1 Å². The second-order valence-electron chi connectivity index (χ2n) is 8.24. The molecule has 142 valence electrons. The van der Waals surface area contributed by atoms with Crippen molar-refractivity contribution >= 4 is 17.0 Å². The minimum atomic E-state index is -0.112. The van der Waals surface area contributed by atoms with Crippen LogP contribution in [0.3, 0.4) is 0 Å². The Bertz CT molecular complexity index is 993. The van der Waals surface area contributed by atoms with E-state index in [2.05, 4.69) is 50.6 Å². The maximum atomic E-state index is 12.4. The van der Waals surface area contributed by atoms with Crippen molar-refractivity contribution in [1.29, 1.82) is 0 Å². The molecule has 1 saturated heterocycles. The van der Waals surface area contributed by atoms with Crippen molar-refractivity contribution in [2.24, 2.45) is 5.92 Å². The van der Waals surface area contributed by atoms with Gasteiger partial charge in [0, 0.05) is 31.1 Å². The predicted molar refractivity (Wildman–Crippen MR) is 104 cm³/mol. The normalized spacial score (nSPS) is 16.2. The summed E-state index contributed by atoms with van der Waals surface area (Å²) in [5.74, 6) is 1.37. The summed E-state index contributed by atoms with van der Waals surface area (Å²) in [6.45, 7) is 8.72. The zero-order chi connectivity index (χ0) is 19.0. The zero-order valence-corrected chi connectivity index (χ0v) is 16.0. The van der Waals surface area contributed by atoms with Gasteiger partial charge in [0.15, 0.2) is 11.5 Å². The minimum Gasteiger partial charge on any atom is -0.355 e. The first-order valence-electron chi connectivity index (χ1n) is 9.38. The maximum absolute atomic E-state index is 12.4. The number of hydrogen-bond acceptors (Lipinski definition) is 6. The summed E-state index contributed by atoms with van der Waals surface area (Å²) in [6.07, 6.45) is 6.93. The monoisotopic (exact) mass is 367 g/mol. The van der Waals surface area contributed by atoms with Crippen LogP contribution in [-0.2, 0) is 12.0 Å². The predicted octanol–water partition coefficient (Wildman–Crippen LogP) is 2.12. The Hall–Kier alpha value is -2.77. The van der Waals surface area contributed by atoms with Gasteiger partial charge in [-0.1, -0.05) is 20.8 Å². The van der Waals surface area contributed by atoms with E-state index in [1.807, 2.05) is 0 Å². The number of fused-ring (bicyclic) bond motifs is 1. The molecule has 1 aliphatic heterocycles. The van der Waals surface area contributed by atoms with Crippen LogP contribution in [0.2, 0.25) is 0 Å². The van der Waals surface area contributed by atoms with Gasteiger partial charge in [0.1, 0.15) is 11.8 Å². The van der Waals surface area contributed by atoms with Crippen LogP contribution in [-0.4, -0.2) is 42.6 Å². The lowest BCUT2D eigenvalue weighted by molar-refractivity contribution is 0.349. The third-order valence-electron chi connectivity index (χ3n) is 5.22. The summed E-state index contributed by atoms with van der Waals surface area (Å²) in [5, 5.41) is 0. The Kier molecular flexibility index (Phi) is 4.41. The number of nitrogens with one attached hydrogen (secondary N) is 1. The fourth-order valence-electron chi connectivity index (χ4n) is 3.57. The first-order valence-corrected chi connectivity index (χ1v) is 9.38. The molecule has 0 unspecified atom stereocenters. The minimum absolute atomic E-state index is 0.0346. The van der Waals surface area contributed by atoms with Crippen LogP contribution in [0, 0.1) is 5.92 Å². The molecule has 0 aliphatic carbocycles. The molecule has 3 aromatic heterocycles. The van der Waals surface area contributed by atoms with Crippen LogP contribution >= 0.6 is 0 Å². The second kappa shape index (κ2) is 6.75. The van der Waals surface area contributed by atoms with Gasteiger partial charge in [-0.05, 0) is 18.8 Å². The lowest BCUT2D eigenvalue weighted by Gasteiger charge is -2.33. The van der Waals surface area contributed by atoms with Crippen LogP contribution in [0.4, 0.5) is 5.82 Å². The van der Waals surface area contributed by atoms with Crippen molar-refractivity contribution in [3.63, 3.8) is 0 Å². The molecule has 0 spiro atoms. The average molecular weight is 367 g/mol. The number of hydrogen-bond donors (Lipinski definition) is 1. The molecular weight excluding hydrogens is 342 g/mol. The number of aromatic amines is 1. The highest BCUT2D eigenvalue weighted by Gasteiger charge is 2.23. The molecule has 27 heavy (non-hydrogen) atoms. The van der Waals surface area contributed by atoms with Gasteiger partial charge in [0.2, 0.25) is 0 Å². The van der Waals surface area contributed by atoms with Gasteiger partial charge in [-0.2, -0.15) is 0 Å². The molecule has 0 bridgehead atoms. The quantitative estimate of drug-likeness (QED) is 0.762. The average Bonchev–Trinajstić information content (AvgIpc) is 3.12. The summed E-state index contributed by atoms with van der Waals surface area (Å²) in [5.41, 5.74) is 2.34. The third kappa shape index (κ3) is 3.56. The number of aromatic nitrogens is 6. The standard InChI is InChI=1S/C19H25N7O/c1-19(2,3)14-8-15(27)26(12-24-14)9-13-4-6-25(7-5-13)18-16-17(21-10-20-16)22-11-23-18/h8,10-13H,4-7,9H2,1-3H3,(H,20,21,22,23). The first kappa shape index (κ1) is 17.6. The van der Waals surface area contributed by atoms with Gasteiger partial charge in [-0.15, -0.1) is 0 Å². The number of rotatable bonds is 3. The molecule has 8 heteroatoms. The molecule has 8 nitrogen and oxygen atoms in total. The summed E-state index contributed by atoms with van der Waals surface area (Å²) in [7, 11) is 0. The lowest BCUT2D eigenvalue weighted by atomic mass is 9.92. The van der Waals surface area contributed by atoms with Crippen LogP contribution < -0.4 is 10.5 Å². The van der Waals surface area contributed by atoms with Crippen molar-refractivity contribution < 1.29 is 0 Å². The van der Waals surface area contributed by atoms with E-state index in [-0.39, 0.29) is 11.0 Å². The summed E-state index contributed by atoms with van der Waals surface area (Å²) in [4.78, 5) is 35.1. The number of imidazole rings is 1. The van der Waals surface area contributed by atoms with E-state index < -0.39 is 0 Å².